The maximum atomic E-state index is 10.8. The Kier molecular flexibility index (Phi) is 2.63. The molecule has 0 spiro atoms. The molecular weight excluding hydrogens is 196 g/mol. The van der Waals surface area contributed by atoms with Crippen molar-refractivity contribution in [3.05, 3.63) is 28.5 Å². The minimum absolute atomic E-state index is 0.178. The summed E-state index contributed by atoms with van der Waals surface area (Å²) >= 11 is 5.19. The standard InChI is InChI=1S/C10H12N2OS/c13-7-12-6-2-4-9(12)8-3-1-5-11-10(8)14/h1,3,5,7,9H,2,4,6H2,(H,11,14)/t9-/m0/s1. The van der Waals surface area contributed by atoms with Gasteiger partial charge in [0.1, 0.15) is 4.64 Å². The van der Waals surface area contributed by atoms with Crippen molar-refractivity contribution in [2.75, 3.05) is 6.54 Å². The predicted molar refractivity (Wildman–Crippen MR) is 56.4 cm³/mol. The first-order chi connectivity index (χ1) is 6.83. The van der Waals surface area contributed by atoms with Gasteiger partial charge in [-0.15, -0.1) is 0 Å². The van der Waals surface area contributed by atoms with Gasteiger partial charge in [-0.05, 0) is 18.9 Å². The highest BCUT2D eigenvalue weighted by Gasteiger charge is 2.25. The van der Waals surface area contributed by atoms with Crippen LogP contribution in [0.25, 0.3) is 0 Å². The fourth-order valence-corrected chi connectivity index (χ4v) is 2.22. The zero-order valence-electron chi connectivity index (χ0n) is 7.77. The molecule has 0 bridgehead atoms. The lowest BCUT2D eigenvalue weighted by Crippen LogP contribution is -2.21. The zero-order valence-corrected chi connectivity index (χ0v) is 8.59. The summed E-state index contributed by atoms with van der Waals surface area (Å²) < 4.78 is 0.742. The molecule has 3 nitrogen and oxygen atoms in total. The Hall–Kier alpha value is -1.16. The Morgan fingerprint density at radius 2 is 2.50 bits per heavy atom. The number of rotatable bonds is 2. The fraction of sp³-hybridized carbons (Fsp3) is 0.400. The van der Waals surface area contributed by atoms with E-state index in [0.717, 1.165) is 36.0 Å². The maximum Gasteiger partial charge on any atom is 0.210 e. The lowest BCUT2D eigenvalue weighted by Gasteiger charge is -2.19. The van der Waals surface area contributed by atoms with Crippen LogP contribution in [0, 0.1) is 4.64 Å². The van der Waals surface area contributed by atoms with Crippen LogP contribution in [0.5, 0.6) is 0 Å². The Morgan fingerprint density at radius 3 is 3.21 bits per heavy atom. The van der Waals surface area contributed by atoms with E-state index in [9.17, 15) is 4.79 Å². The van der Waals surface area contributed by atoms with Gasteiger partial charge in [-0.3, -0.25) is 4.79 Å². The number of hydrogen-bond acceptors (Lipinski definition) is 2. The molecule has 2 rings (SSSR count). The number of H-pyrrole nitrogens is 1. The monoisotopic (exact) mass is 208 g/mol. The Labute approximate surface area is 87.8 Å². The quantitative estimate of drug-likeness (QED) is 0.596. The number of carbonyl (C=O) groups excluding carboxylic acids is 1. The molecule has 1 N–H and O–H groups in total. The lowest BCUT2D eigenvalue weighted by molar-refractivity contribution is -0.118. The van der Waals surface area contributed by atoms with Crippen LogP contribution in [0.4, 0.5) is 0 Å². The third-order valence-corrected chi connectivity index (χ3v) is 2.99. The second-order valence-electron chi connectivity index (χ2n) is 3.46. The first-order valence-electron chi connectivity index (χ1n) is 4.71. The average Bonchev–Trinajstić information content (AvgIpc) is 2.66. The largest absolute Gasteiger partial charge is 0.353 e. The molecule has 0 aromatic carbocycles. The minimum Gasteiger partial charge on any atom is -0.353 e. The number of carbonyl (C=O) groups is 1. The molecule has 0 aliphatic carbocycles. The fourth-order valence-electron chi connectivity index (χ4n) is 1.95. The summed E-state index contributed by atoms with van der Waals surface area (Å²) in [7, 11) is 0. The van der Waals surface area contributed by atoms with E-state index in [1.807, 2.05) is 23.2 Å². The molecule has 4 heteroatoms. The zero-order chi connectivity index (χ0) is 9.97. The van der Waals surface area contributed by atoms with Crippen molar-refractivity contribution in [3.63, 3.8) is 0 Å². The highest BCUT2D eigenvalue weighted by molar-refractivity contribution is 7.71. The van der Waals surface area contributed by atoms with E-state index in [2.05, 4.69) is 4.98 Å². The Morgan fingerprint density at radius 1 is 1.64 bits per heavy atom. The summed E-state index contributed by atoms with van der Waals surface area (Å²) in [5.74, 6) is 0. The van der Waals surface area contributed by atoms with Gasteiger partial charge in [0.15, 0.2) is 0 Å². The third-order valence-electron chi connectivity index (χ3n) is 2.64. The summed E-state index contributed by atoms with van der Waals surface area (Å²) in [5.41, 5.74) is 1.06. The van der Waals surface area contributed by atoms with E-state index >= 15 is 0 Å². The highest BCUT2D eigenvalue weighted by atomic mass is 32.1. The van der Waals surface area contributed by atoms with Crippen LogP contribution in [0.1, 0.15) is 24.4 Å². The van der Waals surface area contributed by atoms with Crippen LogP contribution in [-0.2, 0) is 4.79 Å². The summed E-state index contributed by atoms with van der Waals surface area (Å²) in [5, 5.41) is 0. The number of aromatic amines is 1. The first kappa shape index (κ1) is 9.40. The molecule has 0 unspecified atom stereocenters. The number of nitrogens with one attached hydrogen (secondary N) is 1. The van der Waals surface area contributed by atoms with Crippen LogP contribution >= 0.6 is 12.2 Å². The van der Waals surface area contributed by atoms with Crippen LogP contribution in [0.2, 0.25) is 0 Å². The van der Waals surface area contributed by atoms with Crippen LogP contribution in [0.3, 0.4) is 0 Å². The highest BCUT2D eigenvalue weighted by Crippen LogP contribution is 2.30. The average molecular weight is 208 g/mol. The number of aromatic nitrogens is 1. The lowest BCUT2D eigenvalue weighted by atomic mass is 10.1. The van der Waals surface area contributed by atoms with E-state index in [4.69, 9.17) is 12.2 Å². The number of likely N-dealkylation sites (tertiary alicyclic amines) is 1. The number of pyridine rings is 1. The first-order valence-corrected chi connectivity index (χ1v) is 5.12. The van der Waals surface area contributed by atoms with E-state index < -0.39 is 0 Å². The molecule has 2 heterocycles. The van der Waals surface area contributed by atoms with E-state index in [0.29, 0.717) is 0 Å². The second-order valence-corrected chi connectivity index (χ2v) is 3.86. The van der Waals surface area contributed by atoms with E-state index in [1.165, 1.54) is 0 Å². The summed E-state index contributed by atoms with van der Waals surface area (Å²) in [6.45, 7) is 0.845. The molecule has 1 aliphatic rings. The minimum atomic E-state index is 0.178. The maximum absolute atomic E-state index is 10.8. The topological polar surface area (TPSA) is 36.1 Å². The van der Waals surface area contributed by atoms with Gasteiger partial charge in [-0.25, -0.2) is 0 Å². The van der Waals surface area contributed by atoms with Gasteiger partial charge in [0, 0.05) is 18.3 Å². The van der Waals surface area contributed by atoms with Gasteiger partial charge < -0.3 is 9.88 Å². The van der Waals surface area contributed by atoms with Crippen molar-refractivity contribution < 1.29 is 4.79 Å². The third kappa shape index (κ3) is 1.57. The molecule has 1 amide bonds. The second kappa shape index (κ2) is 3.92. The molecule has 1 fully saturated rings. The van der Waals surface area contributed by atoms with E-state index in [-0.39, 0.29) is 6.04 Å². The summed E-state index contributed by atoms with van der Waals surface area (Å²) in [6.07, 6.45) is 4.80. The van der Waals surface area contributed by atoms with Gasteiger partial charge in [0.05, 0.1) is 6.04 Å². The Bertz CT molecular complexity index is 388. The molecule has 1 saturated heterocycles. The van der Waals surface area contributed by atoms with E-state index in [1.54, 1.807) is 0 Å². The van der Waals surface area contributed by atoms with Crippen LogP contribution in [0.15, 0.2) is 18.3 Å². The van der Waals surface area contributed by atoms with Crippen molar-refractivity contribution in [2.24, 2.45) is 0 Å². The molecule has 14 heavy (non-hydrogen) atoms. The molecule has 1 aromatic heterocycles. The van der Waals surface area contributed by atoms with Gasteiger partial charge in [0.25, 0.3) is 0 Å². The molecule has 1 aromatic rings. The SMILES string of the molecule is O=CN1CCC[C@H]1c1ccc[nH]c1=S. The Balaban J connectivity index is 2.35. The summed E-state index contributed by atoms with van der Waals surface area (Å²) in [6, 6.07) is 4.09. The van der Waals surface area contributed by atoms with Gasteiger partial charge in [0.2, 0.25) is 6.41 Å². The molecule has 0 radical (unpaired) electrons. The molecule has 1 atom stereocenters. The molecular formula is C10H12N2OS. The van der Waals surface area contributed by atoms with Crippen molar-refractivity contribution in [1.29, 1.82) is 0 Å². The van der Waals surface area contributed by atoms with Gasteiger partial charge in [-0.2, -0.15) is 0 Å². The normalized spacial score (nSPS) is 21.1. The molecule has 74 valence electrons. The van der Waals surface area contributed by atoms with Crippen LogP contribution in [-0.4, -0.2) is 22.8 Å². The number of amides is 1. The van der Waals surface area contributed by atoms with Crippen molar-refractivity contribution in [2.45, 2.75) is 18.9 Å². The molecule has 1 aliphatic heterocycles. The van der Waals surface area contributed by atoms with Crippen molar-refractivity contribution >= 4 is 18.6 Å². The van der Waals surface area contributed by atoms with Crippen LogP contribution < -0.4 is 0 Å². The van der Waals surface area contributed by atoms with Crippen molar-refractivity contribution in [3.8, 4) is 0 Å². The number of hydrogen-bond donors (Lipinski definition) is 1. The predicted octanol–water partition coefficient (Wildman–Crippen LogP) is 2.04. The number of nitrogens with zero attached hydrogens (tertiary/aromatic N) is 1. The molecule has 0 saturated carbocycles. The van der Waals surface area contributed by atoms with Gasteiger partial charge >= 0.3 is 0 Å². The van der Waals surface area contributed by atoms with Gasteiger partial charge in [-0.1, -0.05) is 18.3 Å². The summed E-state index contributed by atoms with van der Waals surface area (Å²) in [4.78, 5) is 15.6. The smallest absolute Gasteiger partial charge is 0.210 e. The van der Waals surface area contributed by atoms with Crippen molar-refractivity contribution in [1.82, 2.24) is 9.88 Å².